The fourth-order valence-corrected chi connectivity index (χ4v) is 3.46. The van der Waals surface area contributed by atoms with Crippen LogP contribution in [0.5, 0.6) is 0 Å². The first-order chi connectivity index (χ1) is 8.76. The van der Waals surface area contributed by atoms with E-state index >= 15 is 0 Å². The highest BCUT2D eigenvalue weighted by molar-refractivity contribution is 14.1. The maximum atomic E-state index is 4.42. The molecule has 0 radical (unpaired) electrons. The van der Waals surface area contributed by atoms with Crippen LogP contribution in [0.3, 0.4) is 0 Å². The van der Waals surface area contributed by atoms with Crippen LogP contribution in [0.2, 0.25) is 0 Å². The lowest BCUT2D eigenvalue weighted by Gasteiger charge is -2.18. The van der Waals surface area contributed by atoms with Gasteiger partial charge in [0.25, 0.3) is 0 Å². The fraction of sp³-hybridized carbons (Fsp3) is 0.462. The minimum atomic E-state index is 0.254. The minimum Gasteiger partial charge on any atom is -0.305 e. The van der Waals surface area contributed by atoms with Crippen molar-refractivity contribution in [2.45, 2.75) is 32.9 Å². The molecule has 98 valence electrons. The van der Waals surface area contributed by atoms with E-state index in [2.05, 4.69) is 69.0 Å². The Hall–Kier alpha value is -0.400. The van der Waals surface area contributed by atoms with Gasteiger partial charge in [-0.25, -0.2) is 0 Å². The summed E-state index contributed by atoms with van der Waals surface area (Å²) in [7, 11) is 0. The standard InChI is InChI=1S/C13H18IN3S/c1-3-7-17-11(5-6-16-17)13(15-4-2)10-8-12(14)18-9-10/h5-6,8-9,13,15H,3-4,7H2,1-2H3. The second kappa shape index (κ2) is 6.68. The van der Waals surface area contributed by atoms with E-state index in [1.165, 1.54) is 14.1 Å². The zero-order valence-electron chi connectivity index (χ0n) is 10.7. The van der Waals surface area contributed by atoms with Gasteiger partial charge in [-0.15, -0.1) is 11.3 Å². The van der Waals surface area contributed by atoms with E-state index in [0.29, 0.717) is 0 Å². The number of aromatic nitrogens is 2. The normalized spacial score (nSPS) is 12.8. The lowest BCUT2D eigenvalue weighted by Crippen LogP contribution is -2.24. The molecule has 0 amide bonds. The van der Waals surface area contributed by atoms with Gasteiger partial charge in [0.2, 0.25) is 0 Å². The third-order valence-corrected chi connectivity index (χ3v) is 4.62. The van der Waals surface area contributed by atoms with Gasteiger partial charge in [-0.1, -0.05) is 13.8 Å². The number of nitrogens with zero attached hydrogens (tertiary/aromatic N) is 2. The van der Waals surface area contributed by atoms with Gasteiger partial charge in [-0.2, -0.15) is 5.10 Å². The first kappa shape index (κ1) is 14.0. The number of hydrogen-bond acceptors (Lipinski definition) is 3. The molecule has 0 saturated heterocycles. The van der Waals surface area contributed by atoms with Crippen molar-refractivity contribution in [3.05, 3.63) is 37.9 Å². The quantitative estimate of drug-likeness (QED) is 0.781. The van der Waals surface area contributed by atoms with Crippen molar-refractivity contribution in [1.29, 1.82) is 0 Å². The third kappa shape index (κ3) is 3.13. The van der Waals surface area contributed by atoms with Crippen molar-refractivity contribution < 1.29 is 0 Å². The first-order valence-electron chi connectivity index (χ1n) is 6.25. The molecule has 5 heteroatoms. The predicted octanol–water partition coefficient (Wildman–Crippen LogP) is 3.66. The van der Waals surface area contributed by atoms with Crippen molar-refractivity contribution in [2.75, 3.05) is 6.54 Å². The smallest absolute Gasteiger partial charge is 0.0756 e. The van der Waals surface area contributed by atoms with Crippen LogP contribution in [0, 0.1) is 2.88 Å². The van der Waals surface area contributed by atoms with E-state index in [0.717, 1.165) is 19.5 Å². The number of aryl methyl sites for hydroxylation is 1. The largest absolute Gasteiger partial charge is 0.305 e. The van der Waals surface area contributed by atoms with Gasteiger partial charge < -0.3 is 5.32 Å². The van der Waals surface area contributed by atoms with E-state index in [9.17, 15) is 0 Å². The Kier molecular flexibility index (Phi) is 5.20. The lowest BCUT2D eigenvalue weighted by atomic mass is 10.1. The summed E-state index contributed by atoms with van der Waals surface area (Å²) in [6.07, 6.45) is 3.00. The maximum Gasteiger partial charge on any atom is 0.0756 e. The SMILES string of the molecule is CCCn1nccc1C(NCC)c1csc(I)c1. The molecule has 18 heavy (non-hydrogen) atoms. The van der Waals surface area contributed by atoms with Crippen LogP contribution in [0.15, 0.2) is 23.7 Å². The highest BCUT2D eigenvalue weighted by atomic mass is 127. The zero-order valence-corrected chi connectivity index (χ0v) is 13.7. The second-order valence-corrected chi connectivity index (χ2v) is 6.96. The molecule has 0 bridgehead atoms. The predicted molar refractivity (Wildman–Crippen MR) is 85.1 cm³/mol. The summed E-state index contributed by atoms with van der Waals surface area (Å²) in [5, 5.41) is 10.2. The van der Waals surface area contributed by atoms with Gasteiger partial charge in [0.05, 0.1) is 14.6 Å². The Morgan fingerprint density at radius 2 is 2.33 bits per heavy atom. The Labute approximate surface area is 126 Å². The van der Waals surface area contributed by atoms with Crippen molar-refractivity contribution in [1.82, 2.24) is 15.1 Å². The second-order valence-electron chi connectivity index (χ2n) is 4.15. The summed E-state index contributed by atoms with van der Waals surface area (Å²) < 4.78 is 3.43. The van der Waals surface area contributed by atoms with Crippen LogP contribution in [-0.4, -0.2) is 16.3 Å². The molecule has 0 aliphatic rings. The van der Waals surface area contributed by atoms with Crippen LogP contribution in [0.25, 0.3) is 0 Å². The molecule has 0 spiro atoms. The fourth-order valence-electron chi connectivity index (χ4n) is 2.06. The van der Waals surface area contributed by atoms with Crippen LogP contribution < -0.4 is 5.32 Å². The van der Waals surface area contributed by atoms with Gasteiger partial charge in [-0.3, -0.25) is 4.68 Å². The van der Waals surface area contributed by atoms with E-state index in [1.807, 2.05) is 6.20 Å². The molecule has 1 atom stereocenters. The maximum absolute atomic E-state index is 4.42. The molecular weight excluding hydrogens is 357 g/mol. The molecule has 1 N–H and O–H groups in total. The zero-order chi connectivity index (χ0) is 13.0. The summed E-state index contributed by atoms with van der Waals surface area (Å²) in [4.78, 5) is 0. The summed E-state index contributed by atoms with van der Waals surface area (Å²) in [6, 6.07) is 4.62. The average molecular weight is 375 g/mol. The number of thiophene rings is 1. The lowest BCUT2D eigenvalue weighted by molar-refractivity contribution is 0.521. The Bertz CT molecular complexity index is 492. The van der Waals surface area contributed by atoms with Gasteiger partial charge in [0.1, 0.15) is 0 Å². The van der Waals surface area contributed by atoms with Crippen LogP contribution in [-0.2, 0) is 6.54 Å². The molecule has 2 aromatic rings. The highest BCUT2D eigenvalue weighted by Crippen LogP contribution is 2.27. The molecular formula is C13H18IN3S. The van der Waals surface area contributed by atoms with Gasteiger partial charge in [0, 0.05) is 12.7 Å². The van der Waals surface area contributed by atoms with Crippen LogP contribution >= 0.6 is 33.9 Å². The molecule has 0 fully saturated rings. The van der Waals surface area contributed by atoms with E-state index in [1.54, 1.807) is 11.3 Å². The molecule has 0 saturated carbocycles. The van der Waals surface area contributed by atoms with Crippen molar-refractivity contribution in [3.8, 4) is 0 Å². The summed E-state index contributed by atoms with van der Waals surface area (Å²) >= 11 is 4.17. The monoisotopic (exact) mass is 375 g/mol. The molecule has 0 aliphatic heterocycles. The molecule has 2 rings (SSSR count). The minimum absolute atomic E-state index is 0.254. The summed E-state index contributed by atoms with van der Waals surface area (Å²) in [5.41, 5.74) is 2.59. The third-order valence-electron chi connectivity index (χ3n) is 2.81. The molecule has 0 aromatic carbocycles. The highest BCUT2D eigenvalue weighted by Gasteiger charge is 2.18. The van der Waals surface area contributed by atoms with Gasteiger partial charge >= 0.3 is 0 Å². The number of nitrogens with one attached hydrogen (secondary N) is 1. The van der Waals surface area contributed by atoms with E-state index < -0.39 is 0 Å². The van der Waals surface area contributed by atoms with Crippen LogP contribution in [0.1, 0.15) is 37.6 Å². The number of rotatable bonds is 6. The molecule has 1 unspecified atom stereocenters. The Balaban J connectivity index is 2.31. The van der Waals surface area contributed by atoms with E-state index in [-0.39, 0.29) is 6.04 Å². The number of hydrogen-bond donors (Lipinski definition) is 1. The van der Waals surface area contributed by atoms with Gasteiger partial charge in [0.15, 0.2) is 0 Å². The van der Waals surface area contributed by atoms with Crippen molar-refractivity contribution >= 4 is 33.9 Å². The van der Waals surface area contributed by atoms with Crippen molar-refractivity contribution in [2.24, 2.45) is 0 Å². The number of halogens is 1. The van der Waals surface area contributed by atoms with Gasteiger partial charge in [-0.05, 0) is 58.6 Å². The van der Waals surface area contributed by atoms with Crippen molar-refractivity contribution in [3.63, 3.8) is 0 Å². The summed E-state index contributed by atoms with van der Waals surface area (Å²) in [5.74, 6) is 0. The topological polar surface area (TPSA) is 29.9 Å². The van der Waals surface area contributed by atoms with Crippen LogP contribution in [0.4, 0.5) is 0 Å². The Morgan fingerprint density at radius 3 is 2.94 bits per heavy atom. The Morgan fingerprint density at radius 1 is 1.50 bits per heavy atom. The first-order valence-corrected chi connectivity index (χ1v) is 8.21. The molecule has 0 aliphatic carbocycles. The average Bonchev–Trinajstić information content (AvgIpc) is 2.96. The molecule has 2 aromatic heterocycles. The molecule has 2 heterocycles. The molecule has 3 nitrogen and oxygen atoms in total. The van der Waals surface area contributed by atoms with E-state index in [4.69, 9.17) is 0 Å². The summed E-state index contributed by atoms with van der Waals surface area (Å²) in [6.45, 7) is 6.26.